The second-order valence-electron chi connectivity index (χ2n) is 8.43. The molecule has 0 radical (unpaired) electrons. The van der Waals surface area contributed by atoms with E-state index < -0.39 is 0 Å². The van der Waals surface area contributed by atoms with Gasteiger partial charge in [-0.3, -0.25) is 0 Å². The number of para-hydroxylation sites is 1. The maximum Gasteiger partial charge on any atom is 0.321 e. The number of urea groups is 1. The minimum atomic E-state index is -0.0241. The van der Waals surface area contributed by atoms with Crippen LogP contribution in [-0.4, -0.2) is 47.1 Å². The number of hydrogen-bond donors (Lipinski definition) is 1. The lowest BCUT2D eigenvalue weighted by molar-refractivity contribution is 0.208. The molecule has 0 bridgehead atoms. The Balaban J connectivity index is 1.36. The van der Waals surface area contributed by atoms with Crippen LogP contribution in [0.4, 0.5) is 16.3 Å². The summed E-state index contributed by atoms with van der Waals surface area (Å²) in [6, 6.07) is 7.88. The van der Waals surface area contributed by atoms with E-state index in [1.165, 1.54) is 35.1 Å². The third kappa shape index (κ3) is 3.87. The van der Waals surface area contributed by atoms with E-state index in [9.17, 15) is 4.79 Å². The molecule has 1 fully saturated rings. The highest BCUT2D eigenvalue weighted by atomic mass is 32.1. The zero-order valence-electron chi connectivity index (χ0n) is 18.3. The summed E-state index contributed by atoms with van der Waals surface area (Å²) >= 11 is 1.86. The summed E-state index contributed by atoms with van der Waals surface area (Å²) in [4.78, 5) is 29.6. The van der Waals surface area contributed by atoms with Gasteiger partial charge in [0, 0.05) is 43.2 Å². The van der Waals surface area contributed by atoms with E-state index >= 15 is 0 Å². The SMILES string of the molecule is CCc1nc(N2CCN(C(=O)Nc3ccccc3C)CC2)c2c3c(sc2n1)CCCC3. The van der Waals surface area contributed by atoms with E-state index in [0.29, 0.717) is 13.1 Å². The summed E-state index contributed by atoms with van der Waals surface area (Å²) in [6.45, 7) is 7.10. The van der Waals surface area contributed by atoms with Crippen molar-refractivity contribution in [2.45, 2.75) is 46.0 Å². The fourth-order valence-corrected chi connectivity index (χ4v) is 5.87. The Hall–Kier alpha value is -2.67. The van der Waals surface area contributed by atoms with Gasteiger partial charge in [0.15, 0.2) is 0 Å². The molecule has 7 heteroatoms. The van der Waals surface area contributed by atoms with Crippen molar-refractivity contribution in [1.82, 2.24) is 14.9 Å². The summed E-state index contributed by atoms with van der Waals surface area (Å²) in [5, 5.41) is 4.34. The number of anilines is 2. The van der Waals surface area contributed by atoms with Crippen LogP contribution in [-0.2, 0) is 19.3 Å². The third-order valence-corrected chi connectivity index (χ3v) is 7.60. The number of aryl methyl sites for hydroxylation is 4. The van der Waals surface area contributed by atoms with Gasteiger partial charge in [-0.2, -0.15) is 0 Å². The molecule has 0 atom stereocenters. The van der Waals surface area contributed by atoms with E-state index in [4.69, 9.17) is 9.97 Å². The second kappa shape index (κ2) is 8.46. The van der Waals surface area contributed by atoms with E-state index in [2.05, 4.69) is 17.1 Å². The first-order valence-corrected chi connectivity index (χ1v) is 12.1. The van der Waals surface area contributed by atoms with Gasteiger partial charge < -0.3 is 15.1 Å². The molecular formula is C24H29N5OS. The average Bonchev–Trinajstić information content (AvgIpc) is 3.18. The molecule has 3 aromatic rings. The van der Waals surface area contributed by atoms with Crippen molar-refractivity contribution in [1.29, 1.82) is 0 Å². The smallest absolute Gasteiger partial charge is 0.321 e. The normalized spacial score (nSPS) is 16.5. The standard InChI is InChI=1S/C24H29N5OS/c1-3-20-26-22(21-17-9-5-7-11-19(17)31-23(21)27-20)28-12-14-29(15-13-28)24(30)25-18-10-6-4-8-16(18)2/h4,6,8,10H,3,5,7,9,11-15H2,1-2H3,(H,25,30). The fourth-order valence-electron chi connectivity index (χ4n) is 4.60. The highest BCUT2D eigenvalue weighted by Crippen LogP contribution is 2.40. The molecule has 31 heavy (non-hydrogen) atoms. The number of nitrogens with one attached hydrogen (secondary N) is 1. The lowest BCUT2D eigenvalue weighted by Crippen LogP contribution is -2.50. The van der Waals surface area contributed by atoms with Gasteiger partial charge in [0.2, 0.25) is 0 Å². The molecule has 2 aliphatic rings. The number of piperazine rings is 1. The lowest BCUT2D eigenvalue weighted by Gasteiger charge is -2.36. The molecule has 1 saturated heterocycles. The van der Waals surface area contributed by atoms with Crippen molar-refractivity contribution in [3.63, 3.8) is 0 Å². The molecule has 0 unspecified atom stereocenters. The number of benzene rings is 1. The van der Waals surface area contributed by atoms with E-state index in [1.54, 1.807) is 0 Å². The molecule has 3 heterocycles. The Kier molecular flexibility index (Phi) is 5.52. The van der Waals surface area contributed by atoms with Gasteiger partial charge in [0.05, 0.1) is 5.39 Å². The molecule has 1 N–H and O–H groups in total. The van der Waals surface area contributed by atoms with Gasteiger partial charge in [0.1, 0.15) is 16.5 Å². The van der Waals surface area contributed by atoms with E-state index in [0.717, 1.165) is 53.7 Å². The van der Waals surface area contributed by atoms with Gasteiger partial charge in [0.25, 0.3) is 0 Å². The molecule has 1 aliphatic heterocycles. The van der Waals surface area contributed by atoms with Crippen LogP contribution in [0.1, 0.15) is 41.6 Å². The van der Waals surface area contributed by atoms with Crippen molar-refractivity contribution in [2.75, 3.05) is 36.4 Å². The molecule has 0 spiro atoms. The minimum absolute atomic E-state index is 0.0241. The Morgan fingerprint density at radius 3 is 2.65 bits per heavy atom. The molecule has 2 amide bonds. The molecule has 2 aromatic heterocycles. The Bertz CT molecular complexity index is 1120. The molecule has 162 valence electrons. The third-order valence-electron chi connectivity index (χ3n) is 6.41. The first-order chi connectivity index (χ1) is 15.1. The summed E-state index contributed by atoms with van der Waals surface area (Å²) in [6.07, 6.45) is 5.67. The van der Waals surface area contributed by atoms with Gasteiger partial charge in [-0.1, -0.05) is 25.1 Å². The monoisotopic (exact) mass is 435 g/mol. The number of rotatable bonds is 3. The van der Waals surface area contributed by atoms with Crippen LogP contribution in [0.25, 0.3) is 10.2 Å². The largest absolute Gasteiger partial charge is 0.352 e. The van der Waals surface area contributed by atoms with Gasteiger partial charge in [-0.05, 0) is 49.8 Å². The summed E-state index contributed by atoms with van der Waals surface area (Å²) in [5.74, 6) is 2.00. The number of hydrogen-bond acceptors (Lipinski definition) is 5. The maximum atomic E-state index is 12.8. The zero-order chi connectivity index (χ0) is 21.4. The van der Waals surface area contributed by atoms with E-state index in [-0.39, 0.29) is 6.03 Å². The summed E-state index contributed by atoms with van der Waals surface area (Å²) in [5.41, 5.74) is 3.43. The molecule has 1 aliphatic carbocycles. The first kappa shape index (κ1) is 20.2. The van der Waals surface area contributed by atoms with Gasteiger partial charge >= 0.3 is 6.03 Å². The highest BCUT2D eigenvalue weighted by molar-refractivity contribution is 7.19. The maximum absolute atomic E-state index is 12.8. The predicted molar refractivity (Wildman–Crippen MR) is 127 cm³/mol. The summed E-state index contributed by atoms with van der Waals surface area (Å²) in [7, 11) is 0. The van der Waals surface area contributed by atoms with Gasteiger partial charge in [-0.15, -0.1) is 11.3 Å². The van der Waals surface area contributed by atoms with Gasteiger partial charge in [-0.25, -0.2) is 14.8 Å². The molecular weight excluding hydrogens is 406 g/mol. The Labute approximate surface area is 187 Å². The van der Waals surface area contributed by atoms with Crippen LogP contribution < -0.4 is 10.2 Å². The van der Waals surface area contributed by atoms with Crippen LogP contribution in [0.15, 0.2) is 24.3 Å². The van der Waals surface area contributed by atoms with Crippen molar-refractivity contribution < 1.29 is 4.79 Å². The van der Waals surface area contributed by atoms with Crippen molar-refractivity contribution in [3.8, 4) is 0 Å². The molecule has 1 aromatic carbocycles. The minimum Gasteiger partial charge on any atom is -0.352 e. The van der Waals surface area contributed by atoms with E-state index in [1.807, 2.05) is 47.4 Å². The fraction of sp³-hybridized carbons (Fsp3) is 0.458. The average molecular weight is 436 g/mol. The molecule has 5 rings (SSSR count). The summed E-state index contributed by atoms with van der Waals surface area (Å²) < 4.78 is 0. The highest BCUT2D eigenvalue weighted by Gasteiger charge is 2.27. The Morgan fingerprint density at radius 2 is 1.87 bits per heavy atom. The number of nitrogens with zero attached hydrogens (tertiary/aromatic N) is 4. The Morgan fingerprint density at radius 1 is 1.10 bits per heavy atom. The molecule has 6 nitrogen and oxygen atoms in total. The second-order valence-corrected chi connectivity index (χ2v) is 9.51. The lowest BCUT2D eigenvalue weighted by atomic mass is 9.97. The number of carbonyl (C=O) groups is 1. The van der Waals surface area contributed by atoms with Crippen molar-refractivity contribution >= 4 is 39.1 Å². The molecule has 0 saturated carbocycles. The first-order valence-electron chi connectivity index (χ1n) is 11.3. The number of aromatic nitrogens is 2. The predicted octanol–water partition coefficient (Wildman–Crippen LogP) is 4.80. The number of amides is 2. The zero-order valence-corrected chi connectivity index (χ0v) is 19.1. The van der Waals surface area contributed by atoms with Crippen LogP contribution in [0.3, 0.4) is 0 Å². The van der Waals surface area contributed by atoms with Crippen LogP contribution in [0, 0.1) is 6.92 Å². The number of carbonyl (C=O) groups excluding carboxylic acids is 1. The van der Waals surface area contributed by atoms with Crippen LogP contribution in [0.2, 0.25) is 0 Å². The quantitative estimate of drug-likeness (QED) is 0.642. The topological polar surface area (TPSA) is 61.4 Å². The van der Waals surface area contributed by atoms with Crippen molar-refractivity contribution in [3.05, 3.63) is 46.1 Å². The number of fused-ring (bicyclic) bond motifs is 3. The number of thiophene rings is 1. The van der Waals surface area contributed by atoms with Crippen molar-refractivity contribution in [2.24, 2.45) is 0 Å². The van der Waals surface area contributed by atoms with Crippen LogP contribution in [0.5, 0.6) is 0 Å². The van der Waals surface area contributed by atoms with Crippen LogP contribution >= 0.6 is 11.3 Å².